The lowest BCUT2D eigenvalue weighted by Crippen LogP contribution is -2.42. The van der Waals surface area contributed by atoms with E-state index in [-0.39, 0.29) is 0 Å². The Kier molecular flexibility index (Phi) is 5.16. The number of likely N-dealkylation sites (N-methyl/N-ethyl adjacent to an activating group) is 1. The van der Waals surface area contributed by atoms with Crippen molar-refractivity contribution in [2.75, 3.05) is 13.6 Å². The first-order valence-electron chi connectivity index (χ1n) is 5.29. The Bertz CT molecular complexity index is 367. The van der Waals surface area contributed by atoms with Gasteiger partial charge in [0, 0.05) is 13.1 Å². The van der Waals surface area contributed by atoms with Gasteiger partial charge in [-0.25, -0.2) is 4.79 Å². The van der Waals surface area contributed by atoms with E-state index in [1.165, 1.54) is 0 Å². The molecular weight excluding hydrogens is 220 g/mol. The highest BCUT2D eigenvalue weighted by Crippen LogP contribution is 2.02. The Morgan fingerprint density at radius 3 is 2.65 bits per heavy atom. The van der Waals surface area contributed by atoms with Crippen LogP contribution in [0.4, 0.5) is 4.79 Å². The quantitative estimate of drug-likeness (QED) is 0.722. The molecule has 0 saturated carbocycles. The molecule has 92 valence electrons. The van der Waals surface area contributed by atoms with Crippen molar-refractivity contribution in [3.8, 4) is 0 Å². The second kappa shape index (κ2) is 6.65. The highest BCUT2D eigenvalue weighted by molar-refractivity contribution is 5.71. The molecule has 0 radical (unpaired) electrons. The van der Waals surface area contributed by atoms with Gasteiger partial charge in [-0.15, -0.1) is 0 Å². The molecule has 1 rings (SSSR count). The van der Waals surface area contributed by atoms with E-state index in [4.69, 9.17) is 5.11 Å². The number of carbonyl (C=O) groups excluding carboxylic acids is 1. The number of benzene rings is 1. The molecule has 0 bridgehead atoms. The minimum atomic E-state index is -1.18. The van der Waals surface area contributed by atoms with E-state index in [1.54, 1.807) is 0 Å². The highest BCUT2D eigenvalue weighted by atomic mass is 16.4. The third-order valence-electron chi connectivity index (χ3n) is 2.28. The van der Waals surface area contributed by atoms with Gasteiger partial charge in [0.15, 0.2) is 0 Å². The second-order valence-electron chi connectivity index (χ2n) is 3.87. The lowest BCUT2D eigenvalue weighted by Gasteiger charge is -2.20. The predicted molar refractivity (Wildman–Crippen MR) is 63.8 cm³/mol. The van der Waals surface area contributed by atoms with Gasteiger partial charge in [0.2, 0.25) is 0 Å². The van der Waals surface area contributed by atoms with Crippen LogP contribution in [0.3, 0.4) is 0 Å². The van der Waals surface area contributed by atoms with Gasteiger partial charge >= 0.3 is 6.09 Å². The summed E-state index contributed by atoms with van der Waals surface area (Å²) in [7, 11) is 1.84. The third kappa shape index (κ3) is 5.12. The Hall–Kier alpha value is -1.88. The molecule has 5 heteroatoms. The maximum atomic E-state index is 10.7. The van der Waals surface area contributed by atoms with Crippen LogP contribution in [0.15, 0.2) is 30.3 Å². The summed E-state index contributed by atoms with van der Waals surface area (Å²) in [5, 5.41) is 10.7. The molecule has 1 unspecified atom stereocenters. The Balaban J connectivity index is 2.45. The van der Waals surface area contributed by atoms with E-state index >= 15 is 0 Å². The number of hydrogen-bond donors (Lipinski definition) is 2. The third-order valence-corrected chi connectivity index (χ3v) is 2.28. The maximum absolute atomic E-state index is 10.7. The van der Waals surface area contributed by atoms with Crippen LogP contribution in [0.5, 0.6) is 0 Å². The summed E-state index contributed by atoms with van der Waals surface area (Å²) < 4.78 is 0. The average molecular weight is 236 g/mol. The summed E-state index contributed by atoms with van der Waals surface area (Å²) in [4.78, 5) is 23.0. The van der Waals surface area contributed by atoms with Crippen LogP contribution >= 0.6 is 0 Å². The molecule has 17 heavy (non-hydrogen) atoms. The fourth-order valence-corrected chi connectivity index (χ4v) is 1.58. The van der Waals surface area contributed by atoms with E-state index < -0.39 is 12.1 Å². The average Bonchev–Trinajstić information content (AvgIpc) is 2.28. The molecule has 1 aromatic rings. The zero-order valence-electron chi connectivity index (χ0n) is 9.67. The monoisotopic (exact) mass is 236 g/mol. The van der Waals surface area contributed by atoms with Crippen LogP contribution in [-0.2, 0) is 11.3 Å². The molecule has 0 aliphatic carbocycles. The van der Waals surface area contributed by atoms with Crippen LogP contribution in [0.25, 0.3) is 0 Å². The van der Waals surface area contributed by atoms with Crippen LogP contribution in [-0.4, -0.2) is 42.0 Å². The maximum Gasteiger partial charge on any atom is 0.405 e. The molecule has 0 heterocycles. The topological polar surface area (TPSA) is 69.6 Å². The van der Waals surface area contributed by atoms with E-state index in [0.717, 1.165) is 5.56 Å². The molecule has 5 nitrogen and oxygen atoms in total. The fourth-order valence-electron chi connectivity index (χ4n) is 1.58. The van der Waals surface area contributed by atoms with Gasteiger partial charge < -0.3 is 15.2 Å². The summed E-state index contributed by atoms with van der Waals surface area (Å²) in [5.41, 5.74) is 1.12. The van der Waals surface area contributed by atoms with Gasteiger partial charge in [-0.1, -0.05) is 30.3 Å². The van der Waals surface area contributed by atoms with Crippen molar-refractivity contribution >= 4 is 12.4 Å². The molecule has 0 aliphatic heterocycles. The Morgan fingerprint density at radius 1 is 1.47 bits per heavy atom. The molecule has 1 atom stereocenters. The number of rotatable bonds is 6. The van der Waals surface area contributed by atoms with E-state index in [2.05, 4.69) is 5.32 Å². The Labute approximate surface area is 100 Å². The van der Waals surface area contributed by atoms with Crippen molar-refractivity contribution in [3.05, 3.63) is 35.9 Å². The van der Waals surface area contributed by atoms with Gasteiger partial charge in [0.25, 0.3) is 0 Å². The summed E-state index contributed by atoms with van der Waals surface area (Å²) in [5.74, 6) is 0. The first-order chi connectivity index (χ1) is 8.11. The summed E-state index contributed by atoms with van der Waals surface area (Å²) >= 11 is 0. The zero-order valence-corrected chi connectivity index (χ0v) is 9.67. The van der Waals surface area contributed by atoms with Crippen molar-refractivity contribution in [2.24, 2.45) is 0 Å². The van der Waals surface area contributed by atoms with Gasteiger partial charge in [-0.05, 0) is 12.6 Å². The van der Waals surface area contributed by atoms with Crippen molar-refractivity contribution in [2.45, 2.75) is 12.6 Å². The molecule has 2 N–H and O–H groups in total. The number of nitrogens with zero attached hydrogens (tertiary/aromatic N) is 1. The molecule has 0 aliphatic rings. The van der Waals surface area contributed by atoms with Gasteiger partial charge in [0.05, 0.1) is 0 Å². The SMILES string of the molecule is CN(Cc1ccccc1)CC(C=O)NC(=O)O. The first kappa shape index (κ1) is 13.2. The van der Waals surface area contributed by atoms with Crippen molar-refractivity contribution < 1.29 is 14.7 Å². The number of nitrogens with one attached hydrogen (secondary N) is 1. The van der Waals surface area contributed by atoms with Gasteiger partial charge in [-0.3, -0.25) is 4.90 Å². The van der Waals surface area contributed by atoms with Crippen LogP contribution in [0.1, 0.15) is 5.56 Å². The minimum absolute atomic E-state index is 0.352. The number of carbonyl (C=O) groups is 2. The van der Waals surface area contributed by atoms with E-state index in [0.29, 0.717) is 19.4 Å². The summed E-state index contributed by atoms with van der Waals surface area (Å²) in [6.07, 6.45) is -0.578. The minimum Gasteiger partial charge on any atom is -0.465 e. The number of carboxylic acid groups (broad SMARTS) is 1. The van der Waals surface area contributed by atoms with Gasteiger partial charge in [0.1, 0.15) is 12.3 Å². The largest absolute Gasteiger partial charge is 0.465 e. The lowest BCUT2D eigenvalue weighted by atomic mass is 10.2. The van der Waals surface area contributed by atoms with Gasteiger partial charge in [-0.2, -0.15) is 0 Å². The lowest BCUT2D eigenvalue weighted by molar-refractivity contribution is -0.109. The normalized spacial score (nSPS) is 12.1. The van der Waals surface area contributed by atoms with Crippen molar-refractivity contribution in [1.82, 2.24) is 10.2 Å². The smallest absolute Gasteiger partial charge is 0.405 e. The molecule has 0 saturated heterocycles. The zero-order chi connectivity index (χ0) is 12.7. The number of hydrogen-bond acceptors (Lipinski definition) is 3. The second-order valence-corrected chi connectivity index (χ2v) is 3.87. The predicted octanol–water partition coefficient (Wildman–Crippen LogP) is 0.954. The van der Waals surface area contributed by atoms with Crippen LogP contribution in [0, 0.1) is 0 Å². The fraction of sp³-hybridized carbons (Fsp3) is 0.333. The van der Waals surface area contributed by atoms with Crippen molar-refractivity contribution in [3.63, 3.8) is 0 Å². The molecule has 0 spiro atoms. The van der Waals surface area contributed by atoms with Crippen LogP contribution in [0.2, 0.25) is 0 Å². The Morgan fingerprint density at radius 2 is 2.12 bits per heavy atom. The van der Waals surface area contributed by atoms with Crippen molar-refractivity contribution in [1.29, 1.82) is 0 Å². The summed E-state index contributed by atoms with van der Waals surface area (Å²) in [6.45, 7) is 1.02. The number of aldehydes is 1. The standard InChI is InChI=1S/C12H16N2O3/c1-14(7-10-5-3-2-4-6-10)8-11(9-15)13-12(16)17/h2-6,9,11,13H,7-8H2,1H3,(H,16,17). The molecule has 0 aromatic heterocycles. The number of amides is 1. The summed E-state index contributed by atoms with van der Waals surface area (Å²) in [6, 6.07) is 9.09. The molecular formula is C12H16N2O3. The first-order valence-corrected chi connectivity index (χ1v) is 5.29. The molecule has 0 fully saturated rings. The van der Waals surface area contributed by atoms with E-state index in [1.807, 2.05) is 42.3 Å². The highest BCUT2D eigenvalue weighted by Gasteiger charge is 2.12. The molecule has 1 aromatic carbocycles. The van der Waals surface area contributed by atoms with E-state index in [9.17, 15) is 9.59 Å². The molecule has 1 amide bonds. The van der Waals surface area contributed by atoms with Crippen LogP contribution < -0.4 is 5.32 Å².